The van der Waals surface area contributed by atoms with E-state index in [9.17, 15) is 10.1 Å². The number of nitriles is 1. The van der Waals surface area contributed by atoms with Crippen molar-refractivity contribution in [2.75, 3.05) is 19.6 Å². The Balaban J connectivity index is 1.40. The van der Waals surface area contributed by atoms with Gasteiger partial charge in [-0.2, -0.15) is 5.26 Å². The van der Waals surface area contributed by atoms with Crippen molar-refractivity contribution in [1.82, 2.24) is 19.4 Å². The van der Waals surface area contributed by atoms with Crippen molar-refractivity contribution in [3.63, 3.8) is 0 Å². The van der Waals surface area contributed by atoms with E-state index in [1.54, 1.807) is 0 Å². The number of rotatable bonds is 0. The quantitative estimate of drug-likeness (QED) is 0.391. The fraction of sp³-hybridized carbons (Fsp3) is 0.406. The molecule has 1 atom stereocenters. The molecule has 6 bridgehead atoms. The lowest BCUT2D eigenvalue weighted by molar-refractivity contribution is -0.136. The standard InChI is InChI=1S/C32H33N5O2/c1-23-34-18-29-21-35-13-14-36(32(38)22-35)20-28-16-30(12-11-26(28)9-7-24-5-3-2-4-6-24)39-31-15-25(19-37(23)29)8-10-27(31)17-33/h8,10-12,15-16,18,24H,2-6,13-14,19-22H2,1H3. The summed E-state index contributed by atoms with van der Waals surface area (Å²) < 4.78 is 8.50. The van der Waals surface area contributed by atoms with Gasteiger partial charge in [-0.3, -0.25) is 9.69 Å². The Kier molecular flexibility index (Phi) is 7.09. The van der Waals surface area contributed by atoms with Crippen molar-refractivity contribution in [2.45, 2.75) is 58.7 Å². The molecule has 3 aliphatic heterocycles. The predicted molar refractivity (Wildman–Crippen MR) is 148 cm³/mol. The maximum Gasteiger partial charge on any atom is 0.237 e. The summed E-state index contributed by atoms with van der Waals surface area (Å²) in [5, 5.41) is 9.77. The molecule has 1 amide bonds. The fourth-order valence-electron chi connectivity index (χ4n) is 5.82. The molecule has 1 aromatic heterocycles. The smallest absolute Gasteiger partial charge is 0.237 e. The molecule has 39 heavy (non-hydrogen) atoms. The molecular formula is C32H33N5O2. The molecule has 2 fully saturated rings. The average molecular weight is 520 g/mol. The summed E-state index contributed by atoms with van der Waals surface area (Å²) >= 11 is 0. The van der Waals surface area contributed by atoms with Crippen molar-refractivity contribution in [3.8, 4) is 29.4 Å². The summed E-state index contributed by atoms with van der Waals surface area (Å²) in [5.41, 5.74) is 4.49. The lowest BCUT2D eigenvalue weighted by Crippen LogP contribution is -2.49. The van der Waals surface area contributed by atoms with Crippen LogP contribution in [0.3, 0.4) is 0 Å². The Labute approximate surface area is 230 Å². The Hall–Kier alpha value is -4.07. The molecule has 198 valence electrons. The lowest BCUT2D eigenvalue weighted by Gasteiger charge is -2.34. The van der Waals surface area contributed by atoms with Gasteiger partial charge in [0.05, 0.1) is 17.8 Å². The van der Waals surface area contributed by atoms with Gasteiger partial charge in [0.25, 0.3) is 0 Å². The van der Waals surface area contributed by atoms with Crippen LogP contribution in [0.1, 0.15) is 65.9 Å². The number of hydrogen-bond acceptors (Lipinski definition) is 5. The molecule has 1 saturated carbocycles. The maximum atomic E-state index is 13.3. The van der Waals surface area contributed by atoms with Gasteiger partial charge in [0, 0.05) is 50.4 Å². The van der Waals surface area contributed by atoms with Gasteiger partial charge in [0.15, 0.2) is 0 Å². The minimum atomic E-state index is 0.116. The maximum absolute atomic E-state index is 13.3. The van der Waals surface area contributed by atoms with Crippen LogP contribution in [0.2, 0.25) is 0 Å². The number of nitrogens with zero attached hydrogens (tertiary/aromatic N) is 5. The summed E-state index contributed by atoms with van der Waals surface area (Å²) in [4.78, 5) is 22.0. The van der Waals surface area contributed by atoms with Crippen LogP contribution in [0, 0.1) is 36.0 Å². The van der Waals surface area contributed by atoms with Crippen molar-refractivity contribution in [1.29, 1.82) is 5.26 Å². The van der Waals surface area contributed by atoms with Crippen LogP contribution in [0.15, 0.2) is 42.6 Å². The Morgan fingerprint density at radius 3 is 2.64 bits per heavy atom. The lowest BCUT2D eigenvalue weighted by atomic mass is 9.89. The number of imidazole rings is 1. The molecule has 4 aliphatic rings. The van der Waals surface area contributed by atoms with Crippen LogP contribution in [0.5, 0.6) is 11.5 Å². The summed E-state index contributed by atoms with van der Waals surface area (Å²) in [5.74, 6) is 9.59. The van der Waals surface area contributed by atoms with Gasteiger partial charge < -0.3 is 14.2 Å². The first-order valence-corrected chi connectivity index (χ1v) is 13.9. The second-order valence-electron chi connectivity index (χ2n) is 10.9. The van der Waals surface area contributed by atoms with Gasteiger partial charge in [0.2, 0.25) is 5.91 Å². The van der Waals surface area contributed by atoms with Crippen LogP contribution in [0.4, 0.5) is 0 Å². The number of benzene rings is 2. The van der Waals surface area contributed by atoms with Crippen LogP contribution in [-0.2, 0) is 24.4 Å². The number of aryl methyl sites for hydroxylation is 1. The zero-order valence-corrected chi connectivity index (χ0v) is 22.4. The fourth-order valence-corrected chi connectivity index (χ4v) is 5.82. The molecule has 0 spiro atoms. The minimum absolute atomic E-state index is 0.116. The van der Waals surface area contributed by atoms with E-state index in [4.69, 9.17) is 4.74 Å². The van der Waals surface area contributed by atoms with Crippen LogP contribution < -0.4 is 4.74 Å². The molecule has 1 saturated heterocycles. The molecule has 0 N–H and O–H groups in total. The Morgan fingerprint density at radius 2 is 1.82 bits per heavy atom. The van der Waals surface area contributed by atoms with E-state index in [0.717, 1.165) is 47.6 Å². The van der Waals surface area contributed by atoms with Gasteiger partial charge >= 0.3 is 0 Å². The highest BCUT2D eigenvalue weighted by molar-refractivity contribution is 5.79. The molecule has 7 nitrogen and oxygen atoms in total. The molecule has 3 aromatic rings. The number of carbonyl (C=O) groups is 1. The largest absolute Gasteiger partial charge is 0.456 e. The molecule has 7 rings (SSSR count). The van der Waals surface area contributed by atoms with Crippen LogP contribution in [0.25, 0.3) is 0 Å². The molecule has 7 heteroatoms. The molecular weight excluding hydrogens is 486 g/mol. The number of piperazine rings is 1. The minimum Gasteiger partial charge on any atom is -0.456 e. The Bertz CT molecular complexity index is 1500. The number of hydrogen-bond donors (Lipinski definition) is 0. The first-order chi connectivity index (χ1) is 19.1. The average Bonchev–Trinajstić information content (AvgIpc) is 3.28. The summed E-state index contributed by atoms with van der Waals surface area (Å²) in [7, 11) is 0. The van der Waals surface area contributed by atoms with Crippen molar-refractivity contribution in [3.05, 3.63) is 76.4 Å². The van der Waals surface area contributed by atoms with E-state index in [0.29, 0.717) is 55.7 Å². The van der Waals surface area contributed by atoms with E-state index < -0.39 is 0 Å². The third kappa shape index (κ3) is 5.55. The van der Waals surface area contributed by atoms with E-state index in [1.807, 2.05) is 54.4 Å². The number of ether oxygens (including phenoxy) is 1. The summed E-state index contributed by atoms with van der Waals surface area (Å²) in [6.45, 7) is 5.59. The highest BCUT2D eigenvalue weighted by Crippen LogP contribution is 2.30. The van der Waals surface area contributed by atoms with Gasteiger partial charge in [-0.1, -0.05) is 37.2 Å². The van der Waals surface area contributed by atoms with Crippen LogP contribution >= 0.6 is 0 Å². The summed E-state index contributed by atoms with van der Waals surface area (Å²) in [6.07, 6.45) is 8.03. The molecule has 2 aromatic carbocycles. The first-order valence-electron chi connectivity index (χ1n) is 13.9. The number of amides is 1. The van der Waals surface area contributed by atoms with Crippen molar-refractivity contribution in [2.24, 2.45) is 5.92 Å². The normalized spacial score (nSPS) is 19.4. The van der Waals surface area contributed by atoms with Gasteiger partial charge in [-0.05, 0) is 61.2 Å². The van der Waals surface area contributed by atoms with Crippen molar-refractivity contribution < 1.29 is 9.53 Å². The van der Waals surface area contributed by atoms with Gasteiger partial charge in [-0.15, -0.1) is 0 Å². The van der Waals surface area contributed by atoms with Gasteiger partial charge in [0.1, 0.15) is 23.4 Å². The zero-order valence-electron chi connectivity index (χ0n) is 22.4. The zero-order chi connectivity index (χ0) is 26.8. The highest BCUT2D eigenvalue weighted by Gasteiger charge is 2.26. The topological polar surface area (TPSA) is 74.4 Å². The second kappa shape index (κ2) is 11.0. The van der Waals surface area contributed by atoms with E-state index in [1.165, 1.54) is 19.3 Å². The number of aromatic nitrogens is 2. The SMILES string of the molecule is Cc1ncc2n1Cc1ccc(C#N)c(c1)Oc1ccc(C#CC3CCCCC3)c(c1)CN1CCN(CC1=O)C2. The van der Waals surface area contributed by atoms with Crippen LogP contribution in [-0.4, -0.2) is 44.9 Å². The second-order valence-corrected chi connectivity index (χ2v) is 10.9. The summed E-state index contributed by atoms with van der Waals surface area (Å²) in [6, 6.07) is 13.9. The number of carbonyl (C=O) groups excluding carboxylic acids is 1. The third-order valence-corrected chi connectivity index (χ3v) is 8.11. The molecule has 4 heterocycles. The highest BCUT2D eigenvalue weighted by atomic mass is 16.5. The van der Waals surface area contributed by atoms with Crippen molar-refractivity contribution >= 4 is 5.91 Å². The van der Waals surface area contributed by atoms with E-state index in [-0.39, 0.29) is 5.91 Å². The first kappa shape index (κ1) is 25.2. The third-order valence-electron chi connectivity index (χ3n) is 8.11. The Morgan fingerprint density at radius 1 is 0.974 bits per heavy atom. The van der Waals surface area contributed by atoms with E-state index in [2.05, 4.69) is 32.4 Å². The van der Waals surface area contributed by atoms with Gasteiger partial charge in [-0.25, -0.2) is 4.98 Å². The predicted octanol–water partition coefficient (Wildman–Crippen LogP) is 4.99. The van der Waals surface area contributed by atoms with E-state index >= 15 is 0 Å². The molecule has 1 unspecified atom stereocenters. The number of fused-ring (bicyclic) bond motifs is 2. The molecule has 1 aliphatic carbocycles. The monoisotopic (exact) mass is 519 g/mol. The molecule has 0 radical (unpaired) electrons.